The van der Waals surface area contributed by atoms with Gasteiger partial charge in [-0.3, -0.25) is 20.3 Å². The van der Waals surface area contributed by atoms with Crippen molar-refractivity contribution in [2.75, 3.05) is 5.43 Å². The lowest BCUT2D eigenvalue weighted by Crippen LogP contribution is -2.25. The van der Waals surface area contributed by atoms with Gasteiger partial charge in [-0.25, -0.2) is 4.98 Å². The molecule has 2 aromatic rings. The molecular weight excluding hydrogens is 234 g/mol. The van der Waals surface area contributed by atoms with Gasteiger partial charge in [-0.2, -0.15) is 5.10 Å². The zero-order valence-corrected chi connectivity index (χ0v) is 9.79. The highest BCUT2D eigenvalue weighted by Crippen LogP contribution is 2.11. The molecule has 2 rings (SSSR count). The number of carbonyl (C=O) groups excluding carboxylic acids is 1. The highest BCUT2D eigenvalue weighted by Gasteiger charge is 2.11. The lowest BCUT2D eigenvalue weighted by molar-refractivity contribution is 0.0950. The van der Waals surface area contributed by atoms with E-state index in [0.29, 0.717) is 17.1 Å². The first-order chi connectivity index (χ1) is 8.70. The number of nitrogen functional groups attached to an aromatic ring is 1. The van der Waals surface area contributed by atoms with Crippen molar-refractivity contribution in [3.63, 3.8) is 0 Å². The largest absolute Gasteiger partial charge is 0.345 e. The summed E-state index contributed by atoms with van der Waals surface area (Å²) in [6.07, 6.45) is 4.56. The van der Waals surface area contributed by atoms with E-state index >= 15 is 0 Å². The van der Waals surface area contributed by atoms with E-state index in [1.165, 1.54) is 6.20 Å². The number of carbonyl (C=O) groups is 1. The lowest BCUT2D eigenvalue weighted by atomic mass is 10.2. The molecule has 0 spiro atoms. The average molecular weight is 247 g/mol. The van der Waals surface area contributed by atoms with Crippen LogP contribution in [-0.2, 0) is 13.6 Å². The summed E-state index contributed by atoms with van der Waals surface area (Å²) in [6, 6.07) is 1.62. The van der Waals surface area contributed by atoms with Gasteiger partial charge in [0.1, 0.15) is 6.33 Å². The number of aryl methyl sites for hydroxylation is 1. The van der Waals surface area contributed by atoms with Crippen LogP contribution in [0.1, 0.15) is 16.2 Å². The summed E-state index contributed by atoms with van der Waals surface area (Å²) in [5.41, 5.74) is 3.32. The maximum atomic E-state index is 11.9. The summed E-state index contributed by atoms with van der Waals surface area (Å²) < 4.78 is 1.57. The molecule has 94 valence electrons. The van der Waals surface area contributed by atoms with Crippen LogP contribution in [0.5, 0.6) is 0 Å². The molecule has 2 heterocycles. The van der Waals surface area contributed by atoms with Gasteiger partial charge in [-0.15, -0.1) is 0 Å². The van der Waals surface area contributed by atoms with Crippen molar-refractivity contribution in [1.82, 2.24) is 25.1 Å². The molecule has 1 amide bonds. The van der Waals surface area contributed by atoms with Gasteiger partial charge in [-0.1, -0.05) is 0 Å². The fourth-order valence-electron chi connectivity index (χ4n) is 1.42. The Labute approximate surface area is 103 Å². The third-order valence-electron chi connectivity index (χ3n) is 2.28. The highest BCUT2D eigenvalue weighted by atomic mass is 16.1. The normalized spacial score (nSPS) is 10.1. The van der Waals surface area contributed by atoms with Crippen molar-refractivity contribution < 1.29 is 4.79 Å². The van der Waals surface area contributed by atoms with Gasteiger partial charge in [0.15, 0.2) is 5.82 Å². The van der Waals surface area contributed by atoms with Gasteiger partial charge in [0.2, 0.25) is 0 Å². The maximum Gasteiger partial charge on any atom is 0.255 e. The molecule has 0 unspecified atom stereocenters. The summed E-state index contributed by atoms with van der Waals surface area (Å²) in [7, 11) is 1.76. The minimum atomic E-state index is -0.288. The maximum absolute atomic E-state index is 11.9. The summed E-state index contributed by atoms with van der Waals surface area (Å²) >= 11 is 0. The molecule has 0 aliphatic rings. The molecule has 0 fully saturated rings. The first kappa shape index (κ1) is 12.0. The van der Waals surface area contributed by atoms with Crippen molar-refractivity contribution in [2.24, 2.45) is 12.9 Å². The minimum Gasteiger partial charge on any atom is -0.345 e. The van der Waals surface area contributed by atoms with Crippen LogP contribution in [0.4, 0.5) is 5.69 Å². The van der Waals surface area contributed by atoms with E-state index in [1.54, 1.807) is 30.3 Å². The lowest BCUT2D eigenvalue weighted by Gasteiger charge is -2.07. The Hall–Kier alpha value is -2.48. The van der Waals surface area contributed by atoms with Gasteiger partial charge in [0.25, 0.3) is 5.91 Å². The van der Waals surface area contributed by atoms with Crippen LogP contribution in [0, 0.1) is 0 Å². The third-order valence-corrected chi connectivity index (χ3v) is 2.28. The molecule has 0 bridgehead atoms. The van der Waals surface area contributed by atoms with E-state index in [0.717, 1.165) is 0 Å². The van der Waals surface area contributed by atoms with Crippen LogP contribution in [-0.4, -0.2) is 25.7 Å². The molecular formula is C10H13N7O. The van der Waals surface area contributed by atoms with E-state index in [4.69, 9.17) is 5.84 Å². The molecule has 18 heavy (non-hydrogen) atoms. The molecule has 0 aromatic carbocycles. The quantitative estimate of drug-likeness (QED) is 0.492. The summed E-state index contributed by atoms with van der Waals surface area (Å²) in [4.78, 5) is 19.8. The van der Waals surface area contributed by atoms with Crippen LogP contribution < -0.4 is 16.6 Å². The number of hydrazine groups is 1. The zero-order valence-electron chi connectivity index (χ0n) is 9.79. The molecule has 4 N–H and O–H groups in total. The van der Waals surface area contributed by atoms with Crippen LogP contribution in [0.3, 0.4) is 0 Å². The third kappa shape index (κ3) is 2.61. The Morgan fingerprint density at radius 2 is 2.39 bits per heavy atom. The Kier molecular flexibility index (Phi) is 3.49. The average Bonchev–Trinajstić information content (AvgIpc) is 2.81. The predicted octanol–water partition coefficient (Wildman–Crippen LogP) is -0.574. The van der Waals surface area contributed by atoms with Crippen molar-refractivity contribution in [2.45, 2.75) is 6.54 Å². The molecule has 2 aromatic heterocycles. The van der Waals surface area contributed by atoms with Gasteiger partial charge in [-0.05, 0) is 6.07 Å². The molecule has 0 aliphatic carbocycles. The van der Waals surface area contributed by atoms with Crippen LogP contribution in [0.2, 0.25) is 0 Å². The Morgan fingerprint density at radius 1 is 1.56 bits per heavy atom. The Balaban J connectivity index is 2.03. The van der Waals surface area contributed by atoms with Gasteiger partial charge < -0.3 is 10.7 Å². The smallest absolute Gasteiger partial charge is 0.255 e. The fourth-order valence-corrected chi connectivity index (χ4v) is 1.42. The molecule has 8 nitrogen and oxygen atoms in total. The number of aromatic nitrogens is 4. The van der Waals surface area contributed by atoms with E-state index in [9.17, 15) is 4.79 Å². The molecule has 0 atom stereocenters. The first-order valence-electron chi connectivity index (χ1n) is 5.24. The Bertz CT molecular complexity index is 551. The summed E-state index contributed by atoms with van der Waals surface area (Å²) in [5, 5.41) is 6.74. The summed E-state index contributed by atoms with van der Waals surface area (Å²) in [6.45, 7) is 0.249. The minimum absolute atomic E-state index is 0.249. The van der Waals surface area contributed by atoms with E-state index in [1.807, 2.05) is 0 Å². The highest BCUT2D eigenvalue weighted by molar-refractivity contribution is 5.99. The first-order valence-corrected chi connectivity index (χ1v) is 5.24. The van der Waals surface area contributed by atoms with Crippen molar-refractivity contribution >= 4 is 11.6 Å². The number of amides is 1. The second-order valence-corrected chi connectivity index (χ2v) is 3.58. The monoisotopic (exact) mass is 247 g/mol. The number of hydrogen-bond donors (Lipinski definition) is 3. The second-order valence-electron chi connectivity index (χ2n) is 3.58. The van der Waals surface area contributed by atoms with Crippen LogP contribution >= 0.6 is 0 Å². The number of anilines is 1. The van der Waals surface area contributed by atoms with Crippen LogP contribution in [0.25, 0.3) is 0 Å². The number of rotatable bonds is 4. The topological polar surface area (TPSA) is 111 Å². The SMILES string of the molecule is Cn1cnc(CNC(=O)c2cnccc2NN)n1. The van der Waals surface area contributed by atoms with Crippen LogP contribution in [0.15, 0.2) is 24.8 Å². The standard InChI is InChI=1S/C10H13N7O/c1-17-6-14-9(16-17)5-13-10(18)7-4-12-3-2-8(7)15-11/h2-4,6H,5,11H2,1H3,(H,12,15)(H,13,18). The zero-order chi connectivity index (χ0) is 13.0. The number of pyridine rings is 1. The van der Waals surface area contributed by atoms with E-state index in [-0.39, 0.29) is 12.5 Å². The van der Waals surface area contributed by atoms with E-state index < -0.39 is 0 Å². The van der Waals surface area contributed by atoms with E-state index in [2.05, 4.69) is 25.8 Å². The molecule has 8 heteroatoms. The van der Waals surface area contributed by atoms with Gasteiger partial charge in [0.05, 0.1) is 17.8 Å². The number of nitrogens with two attached hydrogens (primary N) is 1. The van der Waals surface area contributed by atoms with Gasteiger partial charge >= 0.3 is 0 Å². The molecule has 0 saturated carbocycles. The summed E-state index contributed by atoms with van der Waals surface area (Å²) in [5.74, 6) is 5.56. The molecule has 0 radical (unpaired) electrons. The molecule has 0 aliphatic heterocycles. The van der Waals surface area contributed by atoms with Crippen molar-refractivity contribution in [3.8, 4) is 0 Å². The Morgan fingerprint density at radius 3 is 3.06 bits per heavy atom. The fraction of sp³-hybridized carbons (Fsp3) is 0.200. The predicted molar refractivity (Wildman–Crippen MR) is 64.2 cm³/mol. The van der Waals surface area contributed by atoms with Crippen molar-refractivity contribution in [3.05, 3.63) is 36.2 Å². The number of nitrogens with one attached hydrogen (secondary N) is 2. The molecule has 0 saturated heterocycles. The van der Waals surface area contributed by atoms with Gasteiger partial charge in [0, 0.05) is 19.4 Å². The van der Waals surface area contributed by atoms with Crippen molar-refractivity contribution in [1.29, 1.82) is 0 Å². The number of hydrogen-bond acceptors (Lipinski definition) is 6. The number of nitrogens with zero attached hydrogens (tertiary/aromatic N) is 4. The second kappa shape index (κ2) is 5.23.